The third-order valence-electron chi connectivity index (χ3n) is 5.41. The van der Waals surface area contributed by atoms with Gasteiger partial charge in [-0.25, -0.2) is 0 Å². The van der Waals surface area contributed by atoms with E-state index < -0.39 is 0 Å². The molecule has 1 aliphatic carbocycles. The van der Waals surface area contributed by atoms with Crippen LogP contribution in [0.15, 0.2) is 24.3 Å². The van der Waals surface area contributed by atoms with Crippen molar-refractivity contribution in [1.29, 1.82) is 0 Å². The summed E-state index contributed by atoms with van der Waals surface area (Å²) in [5.41, 5.74) is 2.61. The van der Waals surface area contributed by atoms with Gasteiger partial charge in [-0.1, -0.05) is 31.4 Å². The van der Waals surface area contributed by atoms with Gasteiger partial charge in [0.05, 0.1) is 6.61 Å². The van der Waals surface area contributed by atoms with Gasteiger partial charge in [-0.05, 0) is 43.4 Å². The second-order valence-corrected chi connectivity index (χ2v) is 6.65. The predicted molar refractivity (Wildman–Crippen MR) is 85.5 cm³/mol. The van der Waals surface area contributed by atoms with Crippen LogP contribution >= 0.6 is 0 Å². The molecule has 3 rings (SSSR count). The second-order valence-electron chi connectivity index (χ2n) is 6.65. The van der Waals surface area contributed by atoms with Gasteiger partial charge in [0.15, 0.2) is 0 Å². The number of aliphatic hydroxyl groups is 1. The summed E-state index contributed by atoms with van der Waals surface area (Å²) < 4.78 is 5.12. The van der Waals surface area contributed by atoms with E-state index in [0.29, 0.717) is 0 Å². The van der Waals surface area contributed by atoms with Crippen molar-refractivity contribution in [2.45, 2.75) is 51.2 Å². The Kier molecular flexibility index (Phi) is 4.51. The molecule has 0 aromatic heterocycles. The third kappa shape index (κ3) is 2.95. The van der Waals surface area contributed by atoms with E-state index in [0.717, 1.165) is 31.7 Å². The Morgan fingerprint density at radius 2 is 1.86 bits per heavy atom. The molecule has 3 heteroatoms. The van der Waals surface area contributed by atoms with E-state index in [4.69, 9.17) is 4.74 Å². The van der Waals surface area contributed by atoms with Crippen LogP contribution in [0.25, 0.3) is 0 Å². The molecule has 0 radical (unpaired) electrons. The molecule has 1 atom stereocenters. The molecule has 1 N–H and O–H groups in total. The second kappa shape index (κ2) is 6.37. The van der Waals surface area contributed by atoms with E-state index >= 15 is 0 Å². The first-order valence-electron chi connectivity index (χ1n) is 8.28. The highest BCUT2D eigenvalue weighted by atomic mass is 16.5. The zero-order valence-corrected chi connectivity index (χ0v) is 13.1. The summed E-state index contributed by atoms with van der Waals surface area (Å²) in [5.74, 6) is 0. The van der Waals surface area contributed by atoms with Crippen molar-refractivity contribution in [3.63, 3.8) is 0 Å². The number of hydrogen-bond donors (Lipinski definition) is 1. The Bertz CT molecular complexity index is 451. The molecule has 1 aromatic rings. The van der Waals surface area contributed by atoms with Crippen LogP contribution in [0.5, 0.6) is 0 Å². The number of anilines is 1. The maximum absolute atomic E-state index is 10.8. The molecule has 0 amide bonds. The molecule has 3 nitrogen and oxygen atoms in total. The van der Waals surface area contributed by atoms with Crippen LogP contribution in [0.2, 0.25) is 0 Å². The standard InChI is InChI=1S/C18H27NO2/c1-21-14-9-15-5-7-16(8-6-15)19-13-12-18(17(19)20)10-3-2-4-11-18/h5-8,17,20H,2-4,9-14H2,1H3. The summed E-state index contributed by atoms with van der Waals surface area (Å²) in [6.07, 6.45) is 8.06. The average Bonchev–Trinajstić information content (AvgIpc) is 2.84. The minimum Gasteiger partial charge on any atom is -0.384 e. The van der Waals surface area contributed by atoms with Gasteiger partial charge in [0.1, 0.15) is 6.23 Å². The molecule has 1 unspecified atom stereocenters. The van der Waals surface area contributed by atoms with Gasteiger partial charge in [-0.2, -0.15) is 0 Å². The van der Waals surface area contributed by atoms with Crippen LogP contribution in [-0.2, 0) is 11.2 Å². The van der Waals surface area contributed by atoms with Crippen molar-refractivity contribution in [3.05, 3.63) is 29.8 Å². The lowest BCUT2D eigenvalue weighted by molar-refractivity contribution is 0.0246. The Balaban J connectivity index is 1.69. The average molecular weight is 289 g/mol. The number of methoxy groups -OCH3 is 1. The summed E-state index contributed by atoms with van der Waals surface area (Å²) in [4.78, 5) is 2.20. The third-order valence-corrected chi connectivity index (χ3v) is 5.41. The minimum atomic E-state index is -0.303. The molecule has 1 saturated heterocycles. The monoisotopic (exact) mass is 289 g/mol. The first-order valence-corrected chi connectivity index (χ1v) is 8.28. The van der Waals surface area contributed by atoms with E-state index in [1.165, 1.54) is 37.7 Å². The predicted octanol–water partition coefficient (Wildman–Crippen LogP) is 3.35. The van der Waals surface area contributed by atoms with Gasteiger partial charge in [-0.3, -0.25) is 0 Å². The Hall–Kier alpha value is -1.06. The van der Waals surface area contributed by atoms with Crippen molar-refractivity contribution in [2.24, 2.45) is 5.41 Å². The van der Waals surface area contributed by atoms with Gasteiger partial charge in [0.25, 0.3) is 0 Å². The fourth-order valence-electron chi connectivity index (χ4n) is 4.03. The number of aliphatic hydroxyl groups excluding tert-OH is 1. The summed E-state index contributed by atoms with van der Waals surface area (Å²) in [7, 11) is 1.73. The zero-order valence-electron chi connectivity index (χ0n) is 13.1. The molecule has 2 aliphatic rings. The van der Waals surface area contributed by atoms with Gasteiger partial charge in [0.2, 0.25) is 0 Å². The van der Waals surface area contributed by atoms with E-state index in [1.54, 1.807) is 7.11 Å². The molecule has 0 bridgehead atoms. The maximum atomic E-state index is 10.8. The lowest BCUT2D eigenvalue weighted by atomic mass is 9.72. The number of hydrogen-bond acceptors (Lipinski definition) is 3. The lowest BCUT2D eigenvalue weighted by Gasteiger charge is -2.38. The van der Waals surface area contributed by atoms with Crippen LogP contribution in [0, 0.1) is 5.41 Å². The van der Waals surface area contributed by atoms with E-state index in [1.807, 2.05) is 0 Å². The van der Waals surface area contributed by atoms with Gasteiger partial charge in [-0.15, -0.1) is 0 Å². The Morgan fingerprint density at radius 3 is 2.52 bits per heavy atom. The first kappa shape index (κ1) is 14.9. The molecule has 1 heterocycles. The smallest absolute Gasteiger partial charge is 0.132 e. The minimum absolute atomic E-state index is 0.160. The summed E-state index contributed by atoms with van der Waals surface area (Å²) in [5, 5.41) is 10.8. The highest BCUT2D eigenvalue weighted by Crippen LogP contribution is 2.48. The molecule has 1 aliphatic heterocycles. The van der Waals surface area contributed by atoms with Crippen LogP contribution in [0.4, 0.5) is 5.69 Å². The fourth-order valence-corrected chi connectivity index (χ4v) is 4.03. The van der Waals surface area contributed by atoms with Crippen molar-refractivity contribution >= 4 is 5.69 Å². The number of rotatable bonds is 4. The molecular formula is C18H27NO2. The molecule has 1 aromatic carbocycles. The largest absolute Gasteiger partial charge is 0.384 e. The van der Waals surface area contributed by atoms with Gasteiger partial charge in [0, 0.05) is 24.8 Å². The SMILES string of the molecule is COCCc1ccc(N2CCC3(CCCCC3)C2O)cc1. The molecular weight excluding hydrogens is 262 g/mol. The fraction of sp³-hybridized carbons (Fsp3) is 0.667. The maximum Gasteiger partial charge on any atom is 0.132 e. The summed E-state index contributed by atoms with van der Waals surface area (Å²) in [6, 6.07) is 8.62. The normalized spacial score (nSPS) is 24.7. The van der Waals surface area contributed by atoms with E-state index in [9.17, 15) is 5.11 Å². The van der Waals surface area contributed by atoms with E-state index in [2.05, 4.69) is 29.2 Å². The van der Waals surface area contributed by atoms with Crippen molar-refractivity contribution in [1.82, 2.24) is 0 Å². The van der Waals surface area contributed by atoms with Crippen LogP contribution in [-0.4, -0.2) is 31.6 Å². The van der Waals surface area contributed by atoms with Crippen molar-refractivity contribution in [3.8, 4) is 0 Å². The Labute approximate surface area is 127 Å². The van der Waals surface area contributed by atoms with Gasteiger partial charge >= 0.3 is 0 Å². The molecule has 116 valence electrons. The van der Waals surface area contributed by atoms with E-state index in [-0.39, 0.29) is 11.6 Å². The topological polar surface area (TPSA) is 32.7 Å². The van der Waals surface area contributed by atoms with Crippen molar-refractivity contribution in [2.75, 3.05) is 25.2 Å². The summed E-state index contributed by atoms with van der Waals surface area (Å²) >= 11 is 0. The zero-order chi connectivity index (χ0) is 14.7. The number of ether oxygens (including phenoxy) is 1. The van der Waals surface area contributed by atoms with Gasteiger partial charge < -0.3 is 14.7 Å². The number of nitrogens with zero attached hydrogens (tertiary/aromatic N) is 1. The highest BCUT2D eigenvalue weighted by molar-refractivity contribution is 5.49. The van der Waals surface area contributed by atoms with Crippen molar-refractivity contribution < 1.29 is 9.84 Å². The quantitative estimate of drug-likeness (QED) is 0.922. The lowest BCUT2D eigenvalue weighted by Crippen LogP contribution is -2.40. The van der Waals surface area contributed by atoms with Crippen LogP contribution in [0.1, 0.15) is 44.1 Å². The molecule has 1 spiro atoms. The summed E-state index contributed by atoms with van der Waals surface area (Å²) in [6.45, 7) is 1.74. The Morgan fingerprint density at radius 1 is 1.14 bits per heavy atom. The molecule has 2 fully saturated rings. The van der Waals surface area contributed by atoms with Crippen LogP contribution < -0.4 is 4.90 Å². The first-order chi connectivity index (χ1) is 10.2. The number of benzene rings is 1. The molecule has 21 heavy (non-hydrogen) atoms. The molecule has 1 saturated carbocycles. The van der Waals surface area contributed by atoms with Crippen LogP contribution in [0.3, 0.4) is 0 Å². The highest BCUT2D eigenvalue weighted by Gasteiger charge is 2.46.